The Kier molecular flexibility index (Phi) is 8.41. The quantitative estimate of drug-likeness (QED) is 0.166. The summed E-state index contributed by atoms with van der Waals surface area (Å²) in [5.74, 6) is 2.72. The number of fused-ring (bicyclic) bond motifs is 15. The first-order chi connectivity index (χ1) is 35.2. The molecule has 0 amide bonds. The number of benzene rings is 10. The molecule has 0 saturated heterocycles. The highest BCUT2D eigenvalue weighted by atomic mass is 16.6. The fourth-order valence-corrected chi connectivity index (χ4v) is 12.6. The van der Waals surface area contributed by atoms with E-state index in [9.17, 15) is 0 Å². The van der Waals surface area contributed by atoms with E-state index in [2.05, 4.69) is 254 Å². The lowest BCUT2D eigenvalue weighted by molar-refractivity contribution is 0.360. The molecule has 15 rings (SSSR count). The van der Waals surface area contributed by atoms with Gasteiger partial charge < -0.3 is 14.4 Å². The van der Waals surface area contributed by atoms with Crippen molar-refractivity contribution in [3.8, 4) is 67.5 Å². The van der Waals surface area contributed by atoms with Crippen LogP contribution >= 0.6 is 0 Å². The van der Waals surface area contributed by atoms with Crippen LogP contribution in [0.4, 0.5) is 17.1 Å². The number of hydrogen-bond donors (Lipinski definition) is 0. The maximum absolute atomic E-state index is 7.14. The van der Waals surface area contributed by atoms with Crippen LogP contribution in [0, 0.1) is 12.1 Å². The first-order valence-corrected chi connectivity index (χ1v) is 24.3. The van der Waals surface area contributed by atoms with Gasteiger partial charge in [-0.3, -0.25) is 0 Å². The van der Waals surface area contributed by atoms with Crippen LogP contribution in [-0.4, -0.2) is 0 Å². The van der Waals surface area contributed by atoms with E-state index in [-0.39, 0.29) is 0 Å². The Bertz CT molecular complexity index is 3850. The summed E-state index contributed by atoms with van der Waals surface area (Å²) in [6, 6.07) is 96.4. The molecule has 1 spiro atoms. The van der Waals surface area contributed by atoms with Crippen molar-refractivity contribution in [3.63, 3.8) is 0 Å². The van der Waals surface area contributed by atoms with E-state index in [0.29, 0.717) is 23.0 Å². The van der Waals surface area contributed by atoms with Gasteiger partial charge in [-0.15, -0.1) is 0 Å². The summed E-state index contributed by atoms with van der Waals surface area (Å²) in [5, 5.41) is 0. The molecule has 0 aromatic heterocycles. The maximum atomic E-state index is 7.14. The van der Waals surface area contributed by atoms with Gasteiger partial charge in [0, 0.05) is 16.9 Å². The molecule has 3 heteroatoms. The molecule has 4 aliphatic rings. The number of rotatable bonds is 6. The molecule has 0 radical (unpaired) electrons. The van der Waals surface area contributed by atoms with Crippen LogP contribution in [0.3, 0.4) is 0 Å². The van der Waals surface area contributed by atoms with Crippen molar-refractivity contribution in [2.45, 2.75) is 10.8 Å². The second-order valence-electron chi connectivity index (χ2n) is 18.9. The molecule has 1 aliphatic heterocycles. The van der Waals surface area contributed by atoms with Crippen molar-refractivity contribution < 1.29 is 9.47 Å². The van der Waals surface area contributed by atoms with Gasteiger partial charge >= 0.3 is 0 Å². The normalized spacial score (nSPS) is 14.0. The Hall–Kier alpha value is -9.36. The molecule has 71 heavy (non-hydrogen) atoms. The SMILES string of the molecule is c1ccc2c(c#1)-c1cc(-c3ccc(N(c4ccccc4)c4cccc5c4Oc4cc6c(cc4O5)C4(c5ccccc5-c5ccccc54)c4ccccc4-6)cc3)ccc1C2(c1ccccc1)c1ccccc1. The van der Waals surface area contributed by atoms with E-state index in [1.54, 1.807) is 0 Å². The van der Waals surface area contributed by atoms with Crippen molar-refractivity contribution in [1.29, 1.82) is 0 Å². The molecular weight excluding hydrogens is 863 g/mol. The van der Waals surface area contributed by atoms with Gasteiger partial charge in [-0.05, 0) is 150 Å². The second kappa shape index (κ2) is 15.1. The van der Waals surface area contributed by atoms with E-state index < -0.39 is 10.8 Å². The molecule has 3 nitrogen and oxygen atoms in total. The number of anilines is 3. The van der Waals surface area contributed by atoms with E-state index in [4.69, 9.17) is 9.47 Å². The zero-order valence-corrected chi connectivity index (χ0v) is 38.4. The van der Waals surface area contributed by atoms with Gasteiger partial charge in [-0.2, -0.15) is 0 Å². The molecule has 0 unspecified atom stereocenters. The van der Waals surface area contributed by atoms with Crippen LogP contribution in [0.15, 0.2) is 249 Å². The Morgan fingerprint density at radius 2 is 0.887 bits per heavy atom. The second-order valence-corrected chi connectivity index (χ2v) is 18.9. The summed E-state index contributed by atoms with van der Waals surface area (Å²) in [6.07, 6.45) is 0. The van der Waals surface area contributed by atoms with Gasteiger partial charge in [0.05, 0.1) is 16.5 Å². The average molecular weight is 904 g/mol. The van der Waals surface area contributed by atoms with Gasteiger partial charge in [-0.1, -0.05) is 194 Å². The lowest BCUT2D eigenvalue weighted by Gasteiger charge is -2.33. The Balaban J connectivity index is 0.825. The number of hydrogen-bond acceptors (Lipinski definition) is 3. The van der Waals surface area contributed by atoms with Gasteiger partial charge in [0.1, 0.15) is 0 Å². The molecule has 11 aromatic carbocycles. The minimum absolute atomic E-state index is 0.480. The molecule has 3 aliphatic carbocycles. The highest BCUT2D eigenvalue weighted by Crippen LogP contribution is 2.65. The maximum Gasteiger partial charge on any atom is 0.194 e. The predicted molar refractivity (Wildman–Crippen MR) is 284 cm³/mol. The van der Waals surface area contributed by atoms with Gasteiger partial charge in [0.2, 0.25) is 0 Å². The van der Waals surface area contributed by atoms with Gasteiger partial charge in [0.25, 0.3) is 0 Å². The van der Waals surface area contributed by atoms with Crippen molar-refractivity contribution in [1.82, 2.24) is 0 Å². The minimum atomic E-state index is -0.487. The lowest BCUT2D eigenvalue weighted by Crippen LogP contribution is -2.28. The standard InChI is InChI=1S/C68H41NO2/c1-4-19-46(20-5-1)67(47-21-6-2-7-22-47)56-29-14-12-27-52(56)54-41-45(37-40-60(54)67)44-35-38-49(39-36-44)69(48-23-8-3-9-24-48)62-33-18-34-63-66(62)71-64-42-55-53-28-13-17-32-59(53)68(61(55)43-65(64)70-63)57-30-15-10-25-50(57)51-26-11-16-31-58(51)68/h1-11,13-26,28-43H. The van der Waals surface area contributed by atoms with Crippen LogP contribution in [0.5, 0.6) is 23.0 Å². The van der Waals surface area contributed by atoms with E-state index in [1.807, 2.05) is 12.1 Å². The van der Waals surface area contributed by atoms with Crippen LogP contribution < -0.4 is 14.4 Å². The Morgan fingerprint density at radius 1 is 0.338 bits per heavy atom. The Labute approximate surface area is 413 Å². The molecule has 0 atom stereocenters. The summed E-state index contributed by atoms with van der Waals surface area (Å²) in [6.45, 7) is 0. The predicted octanol–water partition coefficient (Wildman–Crippen LogP) is 17.0. The minimum Gasteiger partial charge on any atom is -0.449 e. The first-order valence-electron chi connectivity index (χ1n) is 24.3. The fourth-order valence-electron chi connectivity index (χ4n) is 12.6. The topological polar surface area (TPSA) is 21.7 Å². The average Bonchev–Trinajstić information content (AvgIpc) is 4.03. The van der Waals surface area contributed by atoms with Gasteiger partial charge in [0.15, 0.2) is 23.0 Å². The van der Waals surface area contributed by atoms with E-state index in [0.717, 1.165) is 39.3 Å². The highest BCUT2D eigenvalue weighted by Gasteiger charge is 2.52. The number of ether oxygens (including phenoxy) is 2. The molecule has 0 saturated carbocycles. The van der Waals surface area contributed by atoms with Crippen LogP contribution in [0.1, 0.15) is 44.5 Å². The molecule has 1 heterocycles. The molecule has 11 aromatic rings. The van der Waals surface area contributed by atoms with Crippen molar-refractivity contribution in [2.75, 3.05) is 4.90 Å². The monoisotopic (exact) mass is 903 g/mol. The largest absolute Gasteiger partial charge is 0.449 e. The molecule has 0 bridgehead atoms. The highest BCUT2D eigenvalue weighted by molar-refractivity contribution is 5.96. The molecule has 330 valence electrons. The van der Waals surface area contributed by atoms with E-state index in [1.165, 1.54) is 66.8 Å². The Morgan fingerprint density at radius 3 is 1.55 bits per heavy atom. The molecule has 0 N–H and O–H groups in total. The summed E-state index contributed by atoms with van der Waals surface area (Å²) in [4.78, 5) is 2.26. The van der Waals surface area contributed by atoms with Crippen molar-refractivity contribution >= 4 is 17.1 Å². The number of nitrogens with zero attached hydrogens (tertiary/aromatic N) is 1. The van der Waals surface area contributed by atoms with Crippen LogP contribution in [-0.2, 0) is 10.8 Å². The zero-order valence-electron chi connectivity index (χ0n) is 38.4. The van der Waals surface area contributed by atoms with Crippen molar-refractivity contribution in [2.24, 2.45) is 0 Å². The molecule has 0 fully saturated rings. The summed E-state index contributed by atoms with van der Waals surface area (Å²) >= 11 is 0. The first kappa shape index (κ1) is 39.6. The molecular formula is C68H41NO2. The fraction of sp³-hybridized carbons (Fsp3) is 0.0294. The smallest absolute Gasteiger partial charge is 0.194 e. The lowest BCUT2D eigenvalue weighted by atomic mass is 9.68. The summed E-state index contributed by atoms with van der Waals surface area (Å²) in [5.41, 5.74) is 21.3. The third-order valence-electron chi connectivity index (χ3n) is 15.5. The van der Waals surface area contributed by atoms with Crippen molar-refractivity contribution in [3.05, 3.63) is 305 Å². The number of para-hydroxylation sites is 2. The van der Waals surface area contributed by atoms with Crippen LogP contribution in [0.25, 0.3) is 44.5 Å². The third kappa shape index (κ3) is 5.45. The third-order valence-corrected chi connectivity index (χ3v) is 15.5. The van der Waals surface area contributed by atoms with E-state index >= 15 is 0 Å². The van der Waals surface area contributed by atoms with Gasteiger partial charge in [-0.25, -0.2) is 0 Å². The van der Waals surface area contributed by atoms with Crippen LogP contribution in [0.2, 0.25) is 0 Å². The summed E-state index contributed by atoms with van der Waals surface area (Å²) in [7, 11) is 0. The summed E-state index contributed by atoms with van der Waals surface area (Å²) < 4.78 is 14.1. The zero-order chi connectivity index (χ0) is 46.7.